The maximum Gasteiger partial charge on any atom is 0.239 e. The first-order valence-corrected chi connectivity index (χ1v) is 18.6. The number of hydrogen-bond donors (Lipinski definition) is 11. The van der Waals surface area contributed by atoms with Crippen LogP contribution in [0.3, 0.4) is 0 Å². The number of aromatic hydroxyl groups is 5. The summed E-state index contributed by atoms with van der Waals surface area (Å²) in [6.07, 6.45) is -16.2. The number of aliphatic hydroxyl groups is 6. The first-order chi connectivity index (χ1) is 29.0. The molecule has 0 amide bonds. The van der Waals surface area contributed by atoms with E-state index in [0.29, 0.717) is 16.5 Å². The largest absolute Gasteiger partial charge is 0.508 e. The van der Waals surface area contributed by atoms with Crippen molar-refractivity contribution in [2.24, 2.45) is 0 Å². The minimum Gasteiger partial charge on any atom is -0.508 e. The molecular formula is C42H40O19. The van der Waals surface area contributed by atoms with Gasteiger partial charge >= 0.3 is 0 Å². The fourth-order valence-electron chi connectivity index (χ4n) is 6.76. The van der Waals surface area contributed by atoms with Crippen molar-refractivity contribution in [2.45, 2.75) is 68.3 Å². The van der Waals surface area contributed by atoms with Crippen LogP contribution >= 0.6 is 0 Å². The van der Waals surface area contributed by atoms with E-state index in [1.807, 2.05) is 18.2 Å². The molecule has 19 heteroatoms. The highest BCUT2D eigenvalue weighted by Gasteiger charge is 2.48. The highest BCUT2D eigenvalue weighted by atomic mass is 16.7. The van der Waals surface area contributed by atoms with Crippen molar-refractivity contribution in [3.8, 4) is 57.1 Å². The fraction of sp³-hybridized carbons (Fsp3) is 0.286. The summed E-state index contributed by atoms with van der Waals surface area (Å²) in [6, 6.07) is 21.2. The maximum atomic E-state index is 13.6. The highest BCUT2D eigenvalue weighted by Crippen LogP contribution is 2.40. The number of rotatable bonds is 7. The van der Waals surface area contributed by atoms with Crippen LogP contribution in [-0.2, 0) is 14.2 Å². The Morgan fingerprint density at radius 2 is 1.23 bits per heavy atom. The van der Waals surface area contributed by atoms with Gasteiger partial charge in [0.05, 0.1) is 18.1 Å². The Labute approximate surface area is 342 Å². The number of hydrogen-bond acceptors (Lipinski definition) is 19. The number of aliphatic hydroxyl groups excluding tert-OH is 6. The Kier molecular flexibility index (Phi) is 12.2. The van der Waals surface area contributed by atoms with Crippen LogP contribution in [0.1, 0.15) is 6.92 Å². The monoisotopic (exact) mass is 848 g/mol. The number of fused-ring (bicyclic) bond motifs is 2. The molecule has 0 radical (unpaired) electrons. The second-order valence-electron chi connectivity index (χ2n) is 14.2. The Morgan fingerprint density at radius 1 is 0.574 bits per heavy atom. The molecule has 322 valence electrons. The molecule has 61 heavy (non-hydrogen) atoms. The van der Waals surface area contributed by atoms with Gasteiger partial charge in [0.2, 0.25) is 28.6 Å². The standard InChI is InChI=1S/C27H30O16.C15H10O3/c1-8-17(32)20(35)22(37)26(40-8)39-7-15-18(33)21(36)23(38)27(42-15)43-25-19(34)16-13(31)5-10(28)6-14(16)41-24(25)9-2-3-11(29)12(30)4-9;16-13-11-8-4-5-9-12(11)18-15(14(13)17)10-6-2-1-3-7-10/h2-6,8,15,17-18,20-23,26-33,35-38H,7H2,1H3;1-9,17H/t8-,15+,17-,18+,20+,21-,22+,23+,26+,27-;/m0./s1. The molecule has 2 aliphatic rings. The molecule has 6 aromatic rings. The van der Waals surface area contributed by atoms with Gasteiger partial charge in [-0.05, 0) is 37.3 Å². The number of phenols is 4. The van der Waals surface area contributed by atoms with Crippen LogP contribution in [0.15, 0.2) is 103 Å². The Balaban J connectivity index is 0.000000258. The molecule has 19 nitrogen and oxygen atoms in total. The van der Waals surface area contributed by atoms with E-state index in [1.165, 1.54) is 13.0 Å². The van der Waals surface area contributed by atoms with Crippen LogP contribution in [0.2, 0.25) is 0 Å². The van der Waals surface area contributed by atoms with E-state index < -0.39 is 119 Å². The summed E-state index contributed by atoms with van der Waals surface area (Å²) in [7, 11) is 0. The Hall–Kier alpha value is -6.26. The van der Waals surface area contributed by atoms with Crippen LogP contribution in [0.5, 0.6) is 34.5 Å². The van der Waals surface area contributed by atoms with Gasteiger partial charge in [0.1, 0.15) is 70.8 Å². The molecule has 0 aliphatic carbocycles. The summed E-state index contributed by atoms with van der Waals surface area (Å²) >= 11 is 0. The predicted molar refractivity (Wildman–Crippen MR) is 210 cm³/mol. The summed E-state index contributed by atoms with van der Waals surface area (Å²) in [5.41, 5.74) is -0.605. The Morgan fingerprint density at radius 3 is 1.95 bits per heavy atom. The van der Waals surface area contributed by atoms with Crippen molar-refractivity contribution in [3.63, 3.8) is 0 Å². The van der Waals surface area contributed by atoms with Gasteiger partial charge in [0.25, 0.3) is 0 Å². The number of phenolic OH excluding ortho intramolecular Hbond substituents is 4. The third-order valence-electron chi connectivity index (χ3n) is 10.1. The lowest BCUT2D eigenvalue weighted by Gasteiger charge is -2.42. The van der Waals surface area contributed by atoms with Crippen LogP contribution < -0.4 is 15.6 Å². The van der Waals surface area contributed by atoms with E-state index in [4.69, 9.17) is 27.8 Å². The average molecular weight is 849 g/mol. The van der Waals surface area contributed by atoms with Gasteiger partial charge in [-0.25, -0.2) is 0 Å². The predicted octanol–water partition coefficient (Wildman–Crippen LogP) is 1.48. The number of benzene rings is 4. The lowest BCUT2D eigenvalue weighted by Crippen LogP contribution is -2.61. The molecule has 0 spiro atoms. The second kappa shape index (κ2) is 17.4. The molecule has 4 aromatic carbocycles. The summed E-state index contributed by atoms with van der Waals surface area (Å²) in [5.74, 6) is -3.47. The van der Waals surface area contributed by atoms with Gasteiger partial charge < -0.3 is 84.0 Å². The maximum absolute atomic E-state index is 13.6. The third kappa shape index (κ3) is 8.42. The molecule has 0 bridgehead atoms. The SMILES string of the molecule is C[C@@H]1O[C@@H](OC[C@H]2O[C@@H](Oc3c(-c4ccc(O)c(O)c4)oc4cc(O)cc(O)c4c3=O)[C@H](O)[C@@H](O)[C@@H]2O)[C@H](O)[C@H](O)[C@H]1O.O=c1c(O)c(-c2ccccc2)oc2ccccc12. The van der Waals surface area contributed by atoms with E-state index in [-0.39, 0.29) is 22.7 Å². The minimum absolute atomic E-state index is 0.0313. The lowest BCUT2D eigenvalue weighted by molar-refractivity contribution is -0.318. The molecule has 0 unspecified atom stereocenters. The van der Waals surface area contributed by atoms with E-state index in [1.54, 1.807) is 36.4 Å². The first kappa shape index (κ1) is 42.8. The van der Waals surface area contributed by atoms with Crippen LogP contribution in [0.25, 0.3) is 44.6 Å². The van der Waals surface area contributed by atoms with Crippen LogP contribution in [0, 0.1) is 0 Å². The molecule has 2 aromatic heterocycles. The van der Waals surface area contributed by atoms with Crippen molar-refractivity contribution in [1.82, 2.24) is 0 Å². The summed E-state index contributed by atoms with van der Waals surface area (Å²) in [6.45, 7) is 0.818. The molecule has 8 rings (SSSR count). The molecule has 4 heterocycles. The first-order valence-electron chi connectivity index (χ1n) is 18.6. The summed E-state index contributed by atoms with van der Waals surface area (Å²) in [4.78, 5) is 25.6. The molecule has 2 aliphatic heterocycles. The van der Waals surface area contributed by atoms with Crippen molar-refractivity contribution in [2.75, 3.05) is 6.61 Å². The van der Waals surface area contributed by atoms with Gasteiger partial charge in [-0.1, -0.05) is 42.5 Å². The van der Waals surface area contributed by atoms with Gasteiger partial charge in [0.15, 0.2) is 29.3 Å². The minimum atomic E-state index is -1.97. The van der Waals surface area contributed by atoms with E-state index in [0.717, 1.165) is 24.3 Å². The molecule has 0 saturated carbocycles. The van der Waals surface area contributed by atoms with Gasteiger partial charge in [0, 0.05) is 23.3 Å². The zero-order chi connectivity index (χ0) is 43.9. The topological polar surface area (TPSA) is 320 Å². The average Bonchev–Trinajstić information content (AvgIpc) is 3.24. The van der Waals surface area contributed by atoms with Crippen LogP contribution in [0.4, 0.5) is 0 Å². The molecule has 10 atom stereocenters. The second-order valence-corrected chi connectivity index (χ2v) is 14.2. The van der Waals surface area contributed by atoms with Crippen LogP contribution in [-0.4, -0.2) is 124 Å². The molecular weight excluding hydrogens is 808 g/mol. The molecule has 11 N–H and O–H groups in total. The lowest BCUT2D eigenvalue weighted by atomic mass is 9.98. The zero-order valence-corrected chi connectivity index (χ0v) is 31.7. The van der Waals surface area contributed by atoms with Crippen molar-refractivity contribution >= 4 is 21.9 Å². The highest BCUT2D eigenvalue weighted by molar-refractivity contribution is 5.88. The van der Waals surface area contributed by atoms with E-state index >= 15 is 0 Å². The Bertz CT molecular complexity index is 2640. The fourth-order valence-corrected chi connectivity index (χ4v) is 6.76. The summed E-state index contributed by atoms with van der Waals surface area (Å²) in [5, 5.41) is 112. The van der Waals surface area contributed by atoms with Crippen molar-refractivity contribution < 1.29 is 84.0 Å². The number of para-hydroxylation sites is 1. The normalized spacial score (nSPS) is 26.4. The van der Waals surface area contributed by atoms with E-state index in [9.17, 15) is 65.8 Å². The van der Waals surface area contributed by atoms with Crippen molar-refractivity contribution in [3.05, 3.63) is 105 Å². The molecule has 2 saturated heterocycles. The number of ether oxygens (including phenoxy) is 4. The van der Waals surface area contributed by atoms with Gasteiger partial charge in [-0.15, -0.1) is 0 Å². The van der Waals surface area contributed by atoms with Gasteiger partial charge in [-0.3, -0.25) is 9.59 Å². The third-order valence-corrected chi connectivity index (χ3v) is 10.1. The molecule has 2 fully saturated rings. The van der Waals surface area contributed by atoms with Crippen molar-refractivity contribution in [1.29, 1.82) is 0 Å². The zero-order valence-electron chi connectivity index (χ0n) is 31.7. The van der Waals surface area contributed by atoms with Gasteiger partial charge in [-0.2, -0.15) is 0 Å². The quantitative estimate of drug-likeness (QED) is 0.101. The van der Waals surface area contributed by atoms with E-state index in [2.05, 4.69) is 0 Å². The summed E-state index contributed by atoms with van der Waals surface area (Å²) < 4.78 is 33.4. The smallest absolute Gasteiger partial charge is 0.239 e.